The number of nitrogens with zero attached hydrogens (tertiary/aromatic N) is 2. The third-order valence-electron chi connectivity index (χ3n) is 2.50. The van der Waals surface area contributed by atoms with E-state index in [0.29, 0.717) is 23.8 Å². The second kappa shape index (κ2) is 4.70. The molecule has 0 saturated carbocycles. The number of hydrogen-bond acceptors (Lipinski definition) is 4. The Balaban J connectivity index is 1.85. The molecular weight excluding hydrogens is 251 g/mol. The summed E-state index contributed by atoms with van der Waals surface area (Å²) in [6.07, 6.45) is 0.311. The van der Waals surface area contributed by atoms with Gasteiger partial charge in [-0.2, -0.15) is 0 Å². The fourth-order valence-corrected chi connectivity index (χ4v) is 2.27. The van der Waals surface area contributed by atoms with Gasteiger partial charge in [-0.3, -0.25) is 0 Å². The van der Waals surface area contributed by atoms with Gasteiger partial charge >= 0.3 is 0 Å². The van der Waals surface area contributed by atoms with E-state index in [9.17, 15) is 4.39 Å². The molecule has 0 bridgehead atoms. The summed E-state index contributed by atoms with van der Waals surface area (Å²) in [5.41, 5.74) is 0.555. The first-order valence-electron chi connectivity index (χ1n) is 5.42. The van der Waals surface area contributed by atoms with E-state index < -0.39 is 0 Å². The van der Waals surface area contributed by atoms with Crippen LogP contribution in [0.15, 0.2) is 46.2 Å². The Kier molecular flexibility index (Phi) is 2.90. The summed E-state index contributed by atoms with van der Waals surface area (Å²) in [5, 5.41) is 9.83. The Labute approximate surface area is 107 Å². The Morgan fingerprint density at radius 2 is 2.00 bits per heavy atom. The van der Waals surface area contributed by atoms with Crippen LogP contribution in [-0.2, 0) is 6.42 Å². The molecule has 1 aromatic carbocycles. The molecule has 3 rings (SSSR count). The zero-order valence-electron chi connectivity index (χ0n) is 9.34. The monoisotopic (exact) mass is 260 g/mol. The van der Waals surface area contributed by atoms with E-state index >= 15 is 0 Å². The lowest BCUT2D eigenvalue weighted by molar-refractivity contribution is 0.512. The fraction of sp³-hybridized carbons (Fsp3) is 0.0769. The smallest absolute Gasteiger partial charge is 0.257 e. The van der Waals surface area contributed by atoms with E-state index in [1.54, 1.807) is 18.2 Å². The van der Waals surface area contributed by atoms with E-state index in [-0.39, 0.29) is 5.82 Å². The number of rotatable bonds is 3. The quantitative estimate of drug-likeness (QED) is 0.723. The molecule has 3 nitrogen and oxygen atoms in total. The minimum absolute atomic E-state index is 0.256. The van der Waals surface area contributed by atoms with E-state index in [4.69, 9.17) is 4.42 Å². The van der Waals surface area contributed by atoms with Crippen LogP contribution in [0.5, 0.6) is 0 Å². The van der Waals surface area contributed by atoms with Crippen LogP contribution in [0.4, 0.5) is 4.39 Å². The maximum Gasteiger partial charge on any atom is 0.257 e. The maximum absolute atomic E-state index is 13.5. The van der Waals surface area contributed by atoms with Crippen molar-refractivity contribution >= 4 is 11.3 Å². The number of benzene rings is 1. The highest BCUT2D eigenvalue weighted by atomic mass is 32.1. The fourth-order valence-electron chi connectivity index (χ4n) is 1.63. The van der Waals surface area contributed by atoms with E-state index in [1.807, 2.05) is 17.5 Å². The molecule has 0 unspecified atom stereocenters. The molecule has 0 atom stereocenters. The van der Waals surface area contributed by atoms with Crippen molar-refractivity contribution in [2.24, 2.45) is 0 Å². The van der Waals surface area contributed by atoms with Crippen LogP contribution in [-0.4, -0.2) is 10.2 Å². The zero-order valence-corrected chi connectivity index (χ0v) is 10.2. The molecule has 2 aromatic heterocycles. The van der Waals surface area contributed by atoms with Crippen molar-refractivity contribution in [3.63, 3.8) is 0 Å². The van der Waals surface area contributed by atoms with E-state index in [2.05, 4.69) is 10.2 Å². The number of thiophene rings is 1. The van der Waals surface area contributed by atoms with Gasteiger partial charge in [-0.1, -0.05) is 24.3 Å². The molecule has 0 radical (unpaired) electrons. The molecule has 0 fully saturated rings. The van der Waals surface area contributed by atoms with E-state index in [0.717, 1.165) is 4.88 Å². The van der Waals surface area contributed by atoms with Gasteiger partial charge in [0.25, 0.3) is 5.89 Å². The molecule has 0 spiro atoms. The van der Waals surface area contributed by atoms with Crippen molar-refractivity contribution in [2.75, 3.05) is 0 Å². The first-order chi connectivity index (χ1) is 8.83. The highest BCUT2D eigenvalue weighted by molar-refractivity contribution is 7.13. The lowest BCUT2D eigenvalue weighted by atomic mass is 10.1. The molecule has 90 valence electrons. The van der Waals surface area contributed by atoms with Crippen molar-refractivity contribution in [1.82, 2.24) is 10.2 Å². The molecule has 0 aliphatic heterocycles. The predicted octanol–water partition coefficient (Wildman–Crippen LogP) is 3.53. The molecule has 0 amide bonds. The summed E-state index contributed by atoms with van der Waals surface area (Å²) in [6.45, 7) is 0. The third-order valence-corrected chi connectivity index (χ3v) is 3.36. The lowest BCUT2D eigenvalue weighted by Crippen LogP contribution is -1.92. The molecule has 0 saturated heterocycles. The van der Waals surface area contributed by atoms with Crippen molar-refractivity contribution in [2.45, 2.75) is 6.42 Å². The van der Waals surface area contributed by atoms with Gasteiger partial charge in [0.2, 0.25) is 5.89 Å². The van der Waals surface area contributed by atoms with Crippen LogP contribution in [0.2, 0.25) is 0 Å². The summed E-state index contributed by atoms with van der Waals surface area (Å²) < 4.78 is 19.0. The number of halogens is 1. The lowest BCUT2D eigenvalue weighted by Gasteiger charge is -1.97. The SMILES string of the molecule is Fc1ccccc1Cc1nnc(-c2cccs2)o1. The summed E-state index contributed by atoms with van der Waals surface area (Å²) >= 11 is 1.53. The largest absolute Gasteiger partial charge is 0.420 e. The Bertz CT molecular complexity index is 649. The van der Waals surface area contributed by atoms with Crippen LogP contribution in [0.1, 0.15) is 11.5 Å². The van der Waals surface area contributed by atoms with Crippen molar-refractivity contribution in [1.29, 1.82) is 0 Å². The highest BCUT2D eigenvalue weighted by Crippen LogP contribution is 2.23. The summed E-state index contributed by atoms with van der Waals surface area (Å²) in [7, 11) is 0. The van der Waals surface area contributed by atoms with Crippen molar-refractivity contribution in [3.8, 4) is 10.8 Å². The van der Waals surface area contributed by atoms with Crippen LogP contribution >= 0.6 is 11.3 Å². The van der Waals surface area contributed by atoms with Gasteiger partial charge in [-0.15, -0.1) is 21.5 Å². The van der Waals surface area contributed by atoms with Gasteiger partial charge in [-0.05, 0) is 23.1 Å². The third kappa shape index (κ3) is 2.17. The molecular formula is C13H9FN2OS. The number of aromatic nitrogens is 2. The van der Waals surface area contributed by atoms with Gasteiger partial charge in [-0.25, -0.2) is 4.39 Å². The van der Waals surface area contributed by atoms with Gasteiger partial charge < -0.3 is 4.42 Å². The molecule has 5 heteroatoms. The maximum atomic E-state index is 13.5. The van der Waals surface area contributed by atoms with E-state index in [1.165, 1.54) is 17.4 Å². The van der Waals surface area contributed by atoms with Crippen molar-refractivity contribution < 1.29 is 8.81 Å². The standard InChI is InChI=1S/C13H9FN2OS/c14-10-5-2-1-4-9(10)8-12-15-16-13(17-12)11-6-3-7-18-11/h1-7H,8H2. The predicted molar refractivity (Wildman–Crippen MR) is 66.8 cm³/mol. The zero-order chi connectivity index (χ0) is 12.4. The molecule has 3 aromatic rings. The molecule has 0 aliphatic carbocycles. The molecule has 0 N–H and O–H groups in total. The molecule has 18 heavy (non-hydrogen) atoms. The minimum Gasteiger partial charge on any atom is -0.420 e. The number of hydrogen-bond donors (Lipinski definition) is 0. The van der Waals surface area contributed by atoms with Gasteiger partial charge in [0, 0.05) is 0 Å². The normalized spacial score (nSPS) is 10.7. The Hall–Kier alpha value is -2.01. The topological polar surface area (TPSA) is 38.9 Å². The summed E-state index contributed by atoms with van der Waals surface area (Å²) in [4.78, 5) is 0.919. The Morgan fingerprint density at radius 1 is 1.11 bits per heavy atom. The minimum atomic E-state index is -0.256. The second-order valence-corrected chi connectivity index (χ2v) is 4.69. The van der Waals surface area contributed by atoms with Crippen LogP contribution in [0, 0.1) is 5.82 Å². The van der Waals surface area contributed by atoms with Crippen LogP contribution < -0.4 is 0 Å². The molecule has 2 heterocycles. The van der Waals surface area contributed by atoms with Gasteiger partial charge in [0.1, 0.15) is 5.82 Å². The summed E-state index contributed by atoms with van der Waals surface area (Å²) in [5.74, 6) is 0.646. The van der Waals surface area contributed by atoms with Gasteiger partial charge in [0.05, 0.1) is 11.3 Å². The average molecular weight is 260 g/mol. The second-order valence-electron chi connectivity index (χ2n) is 3.75. The first kappa shape index (κ1) is 11.1. The van der Waals surface area contributed by atoms with Crippen LogP contribution in [0.3, 0.4) is 0 Å². The first-order valence-corrected chi connectivity index (χ1v) is 6.30. The average Bonchev–Trinajstić information content (AvgIpc) is 3.02. The Morgan fingerprint density at radius 3 is 2.78 bits per heavy atom. The van der Waals surface area contributed by atoms with Crippen LogP contribution in [0.25, 0.3) is 10.8 Å². The molecule has 0 aliphatic rings. The summed E-state index contributed by atoms with van der Waals surface area (Å²) in [6, 6.07) is 10.4. The van der Waals surface area contributed by atoms with Crippen molar-refractivity contribution in [3.05, 3.63) is 59.0 Å². The van der Waals surface area contributed by atoms with Gasteiger partial charge in [0.15, 0.2) is 0 Å². The highest BCUT2D eigenvalue weighted by Gasteiger charge is 2.11.